The molecule has 0 aromatic heterocycles. The molecule has 9 nitrogen and oxygen atoms in total. The molecule has 2 heterocycles. The van der Waals surface area contributed by atoms with E-state index in [0.29, 0.717) is 18.9 Å². The number of rotatable bonds is 7. The Morgan fingerprint density at radius 2 is 1.73 bits per heavy atom. The van der Waals surface area contributed by atoms with Gasteiger partial charge >= 0.3 is 18.2 Å². The first-order valence-electron chi connectivity index (χ1n) is 14.0. The number of urea groups is 1. The third-order valence-corrected chi connectivity index (χ3v) is 9.53. The highest BCUT2D eigenvalue weighted by Crippen LogP contribution is 2.41. The molecule has 2 amide bonds. The molecular weight excluding hydrogens is 625 g/mol. The fraction of sp³-hybridized carbons (Fsp3) is 0.333. The highest BCUT2D eigenvalue weighted by atomic mass is 32.2. The lowest BCUT2D eigenvalue weighted by molar-refractivity contribution is -0.143. The van der Waals surface area contributed by atoms with Gasteiger partial charge in [0.25, 0.3) is 10.0 Å². The number of likely N-dealkylation sites (tertiary alicyclic amines) is 1. The normalized spacial score (nSPS) is 17.4. The Bertz CT molecular complexity index is 1710. The van der Waals surface area contributed by atoms with Crippen molar-refractivity contribution in [2.75, 3.05) is 30.5 Å². The van der Waals surface area contributed by atoms with Gasteiger partial charge in [0.1, 0.15) is 23.5 Å². The van der Waals surface area contributed by atoms with Crippen LogP contribution in [0.4, 0.5) is 32.4 Å². The first kappa shape index (κ1) is 32.0. The second-order valence-electron chi connectivity index (χ2n) is 10.7. The maximum atomic E-state index is 14.6. The number of alkyl halides is 3. The van der Waals surface area contributed by atoms with Crippen LogP contribution < -0.4 is 14.4 Å². The maximum absolute atomic E-state index is 14.6. The molecule has 0 unspecified atom stereocenters. The summed E-state index contributed by atoms with van der Waals surface area (Å²) in [6.07, 6.45) is -4.93. The Balaban J connectivity index is 1.40. The van der Waals surface area contributed by atoms with E-state index in [-0.39, 0.29) is 55.2 Å². The molecule has 0 radical (unpaired) electrons. The Morgan fingerprint density at radius 1 is 1.00 bits per heavy atom. The third kappa shape index (κ3) is 6.97. The minimum Gasteiger partial charge on any atom is -0.486 e. The summed E-state index contributed by atoms with van der Waals surface area (Å²) >= 11 is 0. The minimum atomic E-state index is -4.81. The molecular formula is C30H28F5N3O6S. The van der Waals surface area contributed by atoms with Crippen LogP contribution in [0.1, 0.15) is 24.8 Å². The van der Waals surface area contributed by atoms with Gasteiger partial charge in [0.2, 0.25) is 0 Å². The lowest BCUT2D eigenvalue weighted by Gasteiger charge is -2.36. The van der Waals surface area contributed by atoms with Gasteiger partial charge in [0, 0.05) is 31.6 Å². The molecule has 1 fully saturated rings. The van der Waals surface area contributed by atoms with Crippen molar-refractivity contribution in [3.05, 3.63) is 77.9 Å². The zero-order chi connectivity index (χ0) is 32.5. The number of carboxylic acid groups (broad SMARTS) is 1. The molecule has 0 aliphatic carbocycles. The van der Waals surface area contributed by atoms with Crippen molar-refractivity contribution in [2.24, 2.45) is 5.92 Å². The molecule has 3 aromatic carbocycles. The summed E-state index contributed by atoms with van der Waals surface area (Å²) in [6.45, 7) is 0.197. The van der Waals surface area contributed by atoms with Crippen LogP contribution in [0.5, 0.6) is 5.75 Å². The standard InChI is InChI=1S/C30H28F5N3O6S/c31-21-5-6-25(32)24(16-21)19-4-7-27-26(14-19)38(45(42,43)23-3-1-2-20(15-23)30(33,34)35)17-22(44-27)8-11-36-29(41)37-12-9-18(10-13-37)28(39)40/h1-7,14-16,18,22H,8-13,17H2,(H,36,41)(H,39,40)/t22-/m0/s1. The van der Waals surface area contributed by atoms with E-state index in [1.54, 1.807) is 0 Å². The number of sulfonamides is 1. The van der Waals surface area contributed by atoms with Crippen LogP contribution >= 0.6 is 0 Å². The van der Waals surface area contributed by atoms with Gasteiger partial charge in [0.05, 0.1) is 28.6 Å². The molecule has 2 N–H and O–H groups in total. The number of benzene rings is 3. The number of carbonyl (C=O) groups is 2. The summed E-state index contributed by atoms with van der Waals surface area (Å²) in [5.74, 6) is -2.91. The van der Waals surface area contributed by atoms with E-state index in [4.69, 9.17) is 9.84 Å². The van der Waals surface area contributed by atoms with Crippen LogP contribution in [0.2, 0.25) is 0 Å². The molecule has 5 rings (SSSR count). The number of ether oxygens (including phenoxy) is 1. The largest absolute Gasteiger partial charge is 0.486 e. The average molecular weight is 654 g/mol. The van der Waals surface area contributed by atoms with Crippen molar-refractivity contribution in [1.82, 2.24) is 10.2 Å². The summed E-state index contributed by atoms with van der Waals surface area (Å²) in [5.41, 5.74) is -1.31. The molecule has 1 atom stereocenters. The van der Waals surface area contributed by atoms with E-state index >= 15 is 0 Å². The second-order valence-corrected chi connectivity index (χ2v) is 12.6. The molecule has 0 spiro atoms. The van der Waals surface area contributed by atoms with Gasteiger partial charge in [0.15, 0.2) is 0 Å². The molecule has 3 aromatic rings. The highest BCUT2D eigenvalue weighted by molar-refractivity contribution is 7.92. The molecule has 0 saturated carbocycles. The van der Waals surface area contributed by atoms with Crippen molar-refractivity contribution in [3.8, 4) is 16.9 Å². The molecule has 15 heteroatoms. The number of nitrogens with one attached hydrogen (secondary N) is 1. The number of anilines is 1. The zero-order valence-corrected chi connectivity index (χ0v) is 24.4. The van der Waals surface area contributed by atoms with E-state index in [2.05, 4.69) is 5.32 Å². The zero-order valence-electron chi connectivity index (χ0n) is 23.6. The quantitative estimate of drug-likeness (QED) is 0.326. The Kier molecular flexibility index (Phi) is 8.92. The summed E-state index contributed by atoms with van der Waals surface area (Å²) in [5, 5.41) is 11.9. The lowest BCUT2D eigenvalue weighted by Crippen LogP contribution is -2.47. The molecule has 240 valence electrons. The smallest absolute Gasteiger partial charge is 0.416 e. The van der Waals surface area contributed by atoms with Crippen molar-refractivity contribution in [2.45, 2.75) is 36.4 Å². The van der Waals surface area contributed by atoms with Crippen molar-refractivity contribution in [3.63, 3.8) is 0 Å². The first-order chi connectivity index (χ1) is 21.2. The van der Waals surface area contributed by atoms with Gasteiger partial charge in [-0.2, -0.15) is 13.2 Å². The molecule has 1 saturated heterocycles. The van der Waals surface area contributed by atoms with E-state index in [9.17, 15) is 40.0 Å². The Morgan fingerprint density at radius 3 is 2.42 bits per heavy atom. The number of halogens is 5. The van der Waals surface area contributed by atoms with Crippen LogP contribution in [-0.2, 0) is 21.0 Å². The van der Waals surface area contributed by atoms with Gasteiger partial charge in [-0.05, 0) is 66.9 Å². The Labute approximate surface area is 255 Å². The molecule has 45 heavy (non-hydrogen) atoms. The average Bonchev–Trinajstić information content (AvgIpc) is 3.01. The second kappa shape index (κ2) is 12.5. The summed E-state index contributed by atoms with van der Waals surface area (Å²) < 4.78 is 103. The first-order valence-corrected chi connectivity index (χ1v) is 15.4. The number of aliphatic carboxylic acids is 1. The third-order valence-electron chi connectivity index (χ3n) is 7.75. The predicted octanol–water partition coefficient (Wildman–Crippen LogP) is 5.50. The van der Waals surface area contributed by atoms with E-state index in [1.807, 2.05) is 0 Å². The van der Waals surface area contributed by atoms with Crippen LogP contribution in [0, 0.1) is 17.6 Å². The highest BCUT2D eigenvalue weighted by Gasteiger charge is 2.37. The summed E-state index contributed by atoms with van der Waals surface area (Å²) in [6, 6.07) is 9.63. The topological polar surface area (TPSA) is 116 Å². The van der Waals surface area contributed by atoms with Crippen LogP contribution in [0.15, 0.2) is 65.6 Å². The van der Waals surface area contributed by atoms with E-state index in [1.165, 1.54) is 23.1 Å². The number of fused-ring (bicyclic) bond motifs is 1. The molecule has 2 aliphatic heterocycles. The number of carboxylic acids is 1. The summed E-state index contributed by atoms with van der Waals surface area (Å²) in [7, 11) is -4.64. The van der Waals surface area contributed by atoms with Gasteiger partial charge in [-0.15, -0.1) is 0 Å². The fourth-order valence-corrected chi connectivity index (χ4v) is 6.86. The van der Waals surface area contributed by atoms with E-state index < -0.39 is 62.3 Å². The van der Waals surface area contributed by atoms with Gasteiger partial charge in [-0.1, -0.05) is 12.1 Å². The number of carbonyl (C=O) groups excluding carboxylic acids is 1. The Hall–Kier alpha value is -4.40. The van der Waals surface area contributed by atoms with E-state index in [0.717, 1.165) is 40.7 Å². The van der Waals surface area contributed by atoms with Gasteiger partial charge in [-0.3, -0.25) is 9.10 Å². The number of hydrogen-bond donors (Lipinski definition) is 2. The molecule has 2 aliphatic rings. The predicted molar refractivity (Wildman–Crippen MR) is 152 cm³/mol. The number of piperidine rings is 1. The SMILES string of the molecule is O=C(O)C1CCN(C(=O)NCC[C@H]2CN(S(=O)(=O)c3cccc(C(F)(F)F)c3)c3cc(-c4cc(F)ccc4F)ccc3O2)CC1. The van der Waals surface area contributed by atoms with Crippen molar-refractivity contribution >= 4 is 27.7 Å². The van der Waals surface area contributed by atoms with Crippen LogP contribution in [0.25, 0.3) is 11.1 Å². The monoisotopic (exact) mass is 653 g/mol. The maximum Gasteiger partial charge on any atom is 0.416 e. The van der Waals surface area contributed by atoms with Gasteiger partial charge < -0.3 is 20.1 Å². The lowest BCUT2D eigenvalue weighted by atomic mass is 9.97. The van der Waals surface area contributed by atoms with Crippen molar-refractivity contribution < 1.29 is 49.8 Å². The number of hydrogen-bond acceptors (Lipinski definition) is 5. The van der Waals surface area contributed by atoms with Gasteiger partial charge in [-0.25, -0.2) is 22.0 Å². The van der Waals surface area contributed by atoms with Crippen molar-refractivity contribution in [1.29, 1.82) is 0 Å². The number of amides is 2. The number of nitrogens with zero attached hydrogens (tertiary/aromatic N) is 2. The van der Waals surface area contributed by atoms with Crippen LogP contribution in [0.3, 0.4) is 0 Å². The fourth-order valence-electron chi connectivity index (χ4n) is 5.32. The summed E-state index contributed by atoms with van der Waals surface area (Å²) in [4.78, 5) is 24.6. The van der Waals surface area contributed by atoms with Crippen LogP contribution in [-0.4, -0.2) is 62.7 Å². The molecule has 0 bridgehead atoms. The minimum absolute atomic E-state index is 0.0319.